The molecule has 1 saturated heterocycles. The summed E-state index contributed by atoms with van der Waals surface area (Å²) in [5.41, 5.74) is 3.07. The van der Waals surface area contributed by atoms with Crippen LogP contribution in [-0.4, -0.2) is 35.0 Å². The number of ether oxygens (including phenoxy) is 2. The van der Waals surface area contributed by atoms with E-state index in [4.69, 9.17) is 9.47 Å². The molecule has 30 heavy (non-hydrogen) atoms. The van der Waals surface area contributed by atoms with Crippen LogP contribution < -0.4 is 9.47 Å². The Morgan fingerprint density at radius 1 is 1.13 bits per heavy atom. The molecule has 3 aliphatic heterocycles. The summed E-state index contributed by atoms with van der Waals surface area (Å²) in [5, 5.41) is 10.5. The van der Waals surface area contributed by atoms with Gasteiger partial charge in [-0.3, -0.25) is 9.69 Å². The van der Waals surface area contributed by atoms with Gasteiger partial charge in [0.25, 0.3) is 0 Å². The minimum absolute atomic E-state index is 0.156. The van der Waals surface area contributed by atoms with Crippen molar-refractivity contribution < 1.29 is 19.4 Å². The first-order chi connectivity index (χ1) is 14.6. The highest BCUT2D eigenvalue weighted by Gasteiger charge is 2.32. The second kappa shape index (κ2) is 7.65. The smallest absolute Gasteiger partial charge is 0.231 e. The molecule has 154 valence electrons. The van der Waals surface area contributed by atoms with Gasteiger partial charge < -0.3 is 14.6 Å². The Labute approximate surface area is 176 Å². The molecule has 0 spiro atoms. The van der Waals surface area contributed by atoms with E-state index in [9.17, 15) is 9.90 Å². The first-order valence-corrected chi connectivity index (χ1v) is 10.6. The average Bonchev–Trinajstić information content (AvgIpc) is 3.07. The number of hydrogen-bond acceptors (Lipinski definition) is 5. The third-order valence-electron chi connectivity index (χ3n) is 6.06. The number of aromatic hydroxyl groups is 1. The van der Waals surface area contributed by atoms with Gasteiger partial charge in [0.05, 0.1) is 11.1 Å². The second-order valence-electron chi connectivity index (χ2n) is 8.16. The summed E-state index contributed by atoms with van der Waals surface area (Å²) in [6.45, 7) is 4.55. The molecular formula is C25H25NO4. The Balaban J connectivity index is 1.46. The van der Waals surface area contributed by atoms with Crippen molar-refractivity contribution in [3.8, 4) is 17.2 Å². The number of ketones is 1. The van der Waals surface area contributed by atoms with E-state index in [-0.39, 0.29) is 23.4 Å². The summed E-state index contributed by atoms with van der Waals surface area (Å²) in [6.07, 6.45) is 7.18. The minimum atomic E-state index is -0.186. The molecule has 1 N–H and O–H groups in total. The largest absolute Gasteiger partial charge is 0.507 e. The average molecular weight is 403 g/mol. The molecule has 1 atom stereocenters. The van der Waals surface area contributed by atoms with Gasteiger partial charge >= 0.3 is 0 Å². The highest BCUT2D eigenvalue weighted by atomic mass is 16.5. The molecule has 0 bridgehead atoms. The molecule has 0 amide bonds. The number of hydrogen-bond donors (Lipinski definition) is 1. The van der Waals surface area contributed by atoms with Crippen LogP contribution in [0.25, 0.3) is 6.08 Å². The Hall–Kier alpha value is -3.05. The maximum Gasteiger partial charge on any atom is 0.231 e. The number of carbonyl (C=O) groups excluding carboxylic acids is 1. The van der Waals surface area contributed by atoms with Crippen molar-refractivity contribution in [1.82, 2.24) is 4.90 Å². The third-order valence-corrected chi connectivity index (χ3v) is 6.06. The predicted octanol–water partition coefficient (Wildman–Crippen LogP) is 4.70. The molecule has 3 heterocycles. The van der Waals surface area contributed by atoms with Gasteiger partial charge in [-0.15, -0.1) is 0 Å². The number of fused-ring (bicyclic) bond motifs is 2. The molecule has 0 unspecified atom stereocenters. The van der Waals surface area contributed by atoms with Gasteiger partial charge in [0.2, 0.25) is 5.78 Å². The molecule has 1 fully saturated rings. The molecule has 0 radical (unpaired) electrons. The molecular weight excluding hydrogens is 378 g/mol. The lowest BCUT2D eigenvalue weighted by Crippen LogP contribution is -2.29. The standard InChI is InChI=1S/C25H25NO4/c1-16-18(13-17-7-3-4-8-22(17)29-16)14-23-24(28)19-9-10-21(27)20(25(19)30-23)15-26-11-5-2-6-12-26/h3-4,7-10,13-14,16,27H,2,5-6,11-12,15H2,1H3/t16-/m1/s1. The molecule has 2 aromatic rings. The van der Waals surface area contributed by atoms with Gasteiger partial charge in [0.1, 0.15) is 23.4 Å². The quantitative estimate of drug-likeness (QED) is 0.753. The number of para-hydroxylation sites is 1. The van der Waals surface area contributed by atoms with E-state index in [0.717, 1.165) is 42.8 Å². The van der Waals surface area contributed by atoms with Crippen molar-refractivity contribution in [2.75, 3.05) is 13.1 Å². The number of likely N-dealkylation sites (tertiary alicyclic amines) is 1. The highest BCUT2D eigenvalue weighted by Crippen LogP contribution is 2.41. The maximum atomic E-state index is 13.0. The van der Waals surface area contributed by atoms with Crippen LogP contribution in [0.3, 0.4) is 0 Å². The zero-order valence-electron chi connectivity index (χ0n) is 17.1. The summed E-state index contributed by atoms with van der Waals surface area (Å²) in [7, 11) is 0. The lowest BCUT2D eigenvalue weighted by molar-refractivity contribution is 0.101. The van der Waals surface area contributed by atoms with Gasteiger partial charge in [-0.1, -0.05) is 24.6 Å². The predicted molar refractivity (Wildman–Crippen MR) is 115 cm³/mol. The van der Waals surface area contributed by atoms with Crippen LogP contribution in [0.15, 0.2) is 53.8 Å². The zero-order chi connectivity index (χ0) is 20.7. The fraction of sp³-hybridized carbons (Fsp3) is 0.320. The van der Waals surface area contributed by atoms with Crippen LogP contribution in [0.1, 0.15) is 47.7 Å². The highest BCUT2D eigenvalue weighted by molar-refractivity contribution is 6.13. The first kappa shape index (κ1) is 18.9. The van der Waals surface area contributed by atoms with Gasteiger partial charge in [-0.2, -0.15) is 0 Å². The van der Waals surface area contributed by atoms with Crippen LogP contribution >= 0.6 is 0 Å². The topological polar surface area (TPSA) is 59.0 Å². The summed E-state index contributed by atoms with van der Waals surface area (Å²) < 4.78 is 12.0. The second-order valence-corrected chi connectivity index (χ2v) is 8.16. The molecule has 2 aromatic carbocycles. The molecule has 5 nitrogen and oxygen atoms in total. The normalized spacial score (nSPS) is 22.2. The van der Waals surface area contributed by atoms with Gasteiger partial charge in [-0.05, 0) is 68.8 Å². The van der Waals surface area contributed by atoms with Crippen LogP contribution in [0.2, 0.25) is 0 Å². The summed E-state index contributed by atoms with van der Waals surface area (Å²) in [4.78, 5) is 15.3. The minimum Gasteiger partial charge on any atom is -0.507 e. The van der Waals surface area contributed by atoms with E-state index in [2.05, 4.69) is 4.90 Å². The van der Waals surface area contributed by atoms with Crippen molar-refractivity contribution >= 4 is 11.9 Å². The molecule has 5 rings (SSSR count). The van der Waals surface area contributed by atoms with Crippen molar-refractivity contribution in [3.63, 3.8) is 0 Å². The van der Waals surface area contributed by atoms with Crippen LogP contribution in [0, 0.1) is 0 Å². The number of Topliss-reactive ketones (excluding diaryl/α,β-unsaturated/α-hetero) is 1. The van der Waals surface area contributed by atoms with E-state index in [1.165, 1.54) is 6.42 Å². The fourth-order valence-corrected chi connectivity index (χ4v) is 4.36. The maximum absolute atomic E-state index is 13.0. The van der Waals surface area contributed by atoms with Gasteiger partial charge in [0, 0.05) is 12.1 Å². The van der Waals surface area contributed by atoms with E-state index >= 15 is 0 Å². The van der Waals surface area contributed by atoms with Gasteiger partial charge in [-0.25, -0.2) is 0 Å². The van der Waals surface area contributed by atoms with E-state index in [1.54, 1.807) is 18.2 Å². The Bertz CT molecular complexity index is 1060. The number of phenolic OH excluding ortho intramolecular Hbond substituents is 1. The summed E-state index contributed by atoms with van der Waals surface area (Å²) >= 11 is 0. The Morgan fingerprint density at radius 2 is 1.93 bits per heavy atom. The first-order valence-electron chi connectivity index (χ1n) is 10.6. The van der Waals surface area contributed by atoms with Crippen LogP contribution in [0.4, 0.5) is 0 Å². The Morgan fingerprint density at radius 3 is 2.77 bits per heavy atom. The molecule has 0 aromatic heterocycles. The number of phenols is 1. The summed E-state index contributed by atoms with van der Waals surface area (Å²) in [6, 6.07) is 11.1. The number of benzene rings is 2. The molecule has 5 heteroatoms. The fourth-order valence-electron chi connectivity index (χ4n) is 4.36. The lowest BCUT2D eigenvalue weighted by atomic mass is 10.00. The third kappa shape index (κ3) is 3.39. The molecule has 3 aliphatic rings. The van der Waals surface area contributed by atoms with Crippen molar-refractivity contribution in [1.29, 1.82) is 0 Å². The number of piperidine rings is 1. The molecule has 0 aliphatic carbocycles. The van der Waals surface area contributed by atoms with Crippen molar-refractivity contribution in [2.24, 2.45) is 0 Å². The summed E-state index contributed by atoms with van der Waals surface area (Å²) in [5.74, 6) is 1.62. The van der Waals surface area contributed by atoms with Gasteiger partial charge in [0.15, 0.2) is 5.76 Å². The lowest BCUT2D eigenvalue weighted by Gasteiger charge is -2.27. The SMILES string of the molecule is C[C@H]1Oc2ccccc2C=C1C=C1Oc2c(ccc(O)c2CN2CCCCC2)C1=O. The van der Waals surface area contributed by atoms with Crippen LogP contribution in [-0.2, 0) is 6.54 Å². The van der Waals surface area contributed by atoms with Crippen molar-refractivity contribution in [3.05, 3.63) is 70.5 Å². The monoisotopic (exact) mass is 403 g/mol. The van der Waals surface area contributed by atoms with E-state index in [1.807, 2.05) is 37.3 Å². The Kier molecular flexibility index (Phi) is 4.83. The number of carbonyl (C=O) groups is 1. The zero-order valence-corrected chi connectivity index (χ0v) is 17.1. The van der Waals surface area contributed by atoms with E-state index in [0.29, 0.717) is 23.4 Å². The van der Waals surface area contributed by atoms with Crippen molar-refractivity contribution in [2.45, 2.75) is 38.8 Å². The van der Waals surface area contributed by atoms with E-state index < -0.39 is 0 Å². The number of nitrogens with zero attached hydrogens (tertiary/aromatic N) is 1. The number of allylic oxidation sites excluding steroid dienone is 1. The molecule has 0 saturated carbocycles. The van der Waals surface area contributed by atoms with Crippen LogP contribution in [0.5, 0.6) is 17.2 Å². The number of rotatable bonds is 3.